The van der Waals surface area contributed by atoms with Crippen LogP contribution in [0.25, 0.3) is 0 Å². The lowest BCUT2D eigenvalue weighted by Gasteiger charge is -2.29. The SMILES string of the molecule is CC(C)NC(=O)CNC(=O)C[NH+]1CC[NH+](Cc2cccc(Cl)c2)CC1. The lowest BCUT2D eigenvalue weighted by Crippen LogP contribution is -3.28. The van der Waals surface area contributed by atoms with Crippen molar-refractivity contribution >= 4 is 23.4 Å². The van der Waals surface area contributed by atoms with Gasteiger partial charge in [-0.3, -0.25) is 9.59 Å². The summed E-state index contributed by atoms with van der Waals surface area (Å²) in [5.74, 6) is -0.207. The Hall–Kier alpha value is -1.63. The fraction of sp³-hybridized carbons (Fsp3) is 0.556. The summed E-state index contributed by atoms with van der Waals surface area (Å²) in [6.45, 7) is 9.23. The van der Waals surface area contributed by atoms with E-state index in [9.17, 15) is 9.59 Å². The van der Waals surface area contributed by atoms with Gasteiger partial charge in [-0.05, 0) is 26.0 Å². The average molecular weight is 369 g/mol. The first-order valence-electron chi connectivity index (χ1n) is 8.90. The molecule has 1 heterocycles. The number of quaternary nitrogens is 2. The van der Waals surface area contributed by atoms with Gasteiger partial charge in [0.15, 0.2) is 6.54 Å². The molecular formula is C18H29ClN4O2+2. The summed E-state index contributed by atoms with van der Waals surface area (Å²) in [5, 5.41) is 6.24. The minimum Gasteiger partial charge on any atom is -0.352 e. The number of hydrogen-bond donors (Lipinski definition) is 4. The Bertz CT molecular complexity index is 586. The Balaban J connectivity index is 1.66. The van der Waals surface area contributed by atoms with Crippen LogP contribution >= 0.6 is 11.6 Å². The van der Waals surface area contributed by atoms with Crippen molar-refractivity contribution in [1.29, 1.82) is 0 Å². The van der Waals surface area contributed by atoms with E-state index in [1.54, 1.807) is 0 Å². The van der Waals surface area contributed by atoms with Crippen LogP contribution < -0.4 is 20.4 Å². The van der Waals surface area contributed by atoms with Crippen LogP contribution in [0.5, 0.6) is 0 Å². The smallest absolute Gasteiger partial charge is 0.275 e. The molecular weight excluding hydrogens is 340 g/mol. The second kappa shape index (κ2) is 9.75. The zero-order valence-corrected chi connectivity index (χ0v) is 15.8. The highest BCUT2D eigenvalue weighted by Gasteiger charge is 2.25. The van der Waals surface area contributed by atoms with E-state index in [0.29, 0.717) is 6.54 Å². The Labute approximate surface area is 154 Å². The molecule has 0 radical (unpaired) electrons. The Morgan fingerprint density at radius 2 is 1.80 bits per heavy atom. The monoisotopic (exact) mass is 368 g/mol. The predicted octanol–water partition coefficient (Wildman–Crippen LogP) is -1.74. The third kappa shape index (κ3) is 7.42. The molecule has 0 bridgehead atoms. The van der Waals surface area contributed by atoms with Crippen LogP contribution in [0.4, 0.5) is 0 Å². The molecule has 2 amide bonds. The van der Waals surface area contributed by atoms with Gasteiger partial charge in [-0.2, -0.15) is 0 Å². The largest absolute Gasteiger partial charge is 0.352 e. The summed E-state index contributed by atoms with van der Waals surface area (Å²) >= 11 is 6.04. The van der Waals surface area contributed by atoms with Gasteiger partial charge in [-0.1, -0.05) is 23.7 Å². The van der Waals surface area contributed by atoms with E-state index in [1.807, 2.05) is 32.0 Å². The van der Waals surface area contributed by atoms with Gasteiger partial charge in [0.05, 0.1) is 6.54 Å². The highest BCUT2D eigenvalue weighted by Crippen LogP contribution is 2.09. The van der Waals surface area contributed by atoms with E-state index < -0.39 is 0 Å². The highest BCUT2D eigenvalue weighted by molar-refractivity contribution is 6.30. The van der Waals surface area contributed by atoms with Crippen LogP contribution in [0.1, 0.15) is 19.4 Å². The summed E-state index contributed by atoms with van der Waals surface area (Å²) in [5.41, 5.74) is 1.25. The van der Waals surface area contributed by atoms with Crippen molar-refractivity contribution in [1.82, 2.24) is 10.6 Å². The lowest BCUT2D eigenvalue weighted by molar-refractivity contribution is -1.02. The van der Waals surface area contributed by atoms with Crippen molar-refractivity contribution in [2.24, 2.45) is 0 Å². The maximum Gasteiger partial charge on any atom is 0.275 e. The molecule has 1 aliphatic heterocycles. The van der Waals surface area contributed by atoms with Gasteiger partial charge in [0.2, 0.25) is 5.91 Å². The second-order valence-electron chi connectivity index (χ2n) is 6.98. The van der Waals surface area contributed by atoms with Crippen LogP contribution in [0.2, 0.25) is 5.02 Å². The van der Waals surface area contributed by atoms with Crippen molar-refractivity contribution in [2.75, 3.05) is 39.3 Å². The van der Waals surface area contributed by atoms with Crippen LogP contribution in [-0.2, 0) is 16.1 Å². The third-order valence-electron chi connectivity index (χ3n) is 4.31. The van der Waals surface area contributed by atoms with Gasteiger partial charge in [-0.15, -0.1) is 0 Å². The zero-order valence-electron chi connectivity index (χ0n) is 15.0. The van der Waals surface area contributed by atoms with Crippen molar-refractivity contribution in [2.45, 2.75) is 26.4 Å². The van der Waals surface area contributed by atoms with Crippen LogP contribution in [0.3, 0.4) is 0 Å². The van der Waals surface area contributed by atoms with E-state index in [1.165, 1.54) is 15.4 Å². The van der Waals surface area contributed by atoms with Crippen LogP contribution in [0, 0.1) is 0 Å². The molecule has 0 spiro atoms. The third-order valence-corrected chi connectivity index (χ3v) is 4.55. The summed E-state index contributed by atoms with van der Waals surface area (Å²) in [6, 6.07) is 8.09. The summed E-state index contributed by atoms with van der Waals surface area (Å²) in [7, 11) is 0. The molecule has 0 atom stereocenters. The number of carbonyl (C=O) groups is 2. The highest BCUT2D eigenvalue weighted by atomic mass is 35.5. The minimum absolute atomic E-state index is 0.0520. The molecule has 2 rings (SSSR count). The Morgan fingerprint density at radius 1 is 1.12 bits per heavy atom. The topological polar surface area (TPSA) is 67.1 Å². The fourth-order valence-electron chi connectivity index (χ4n) is 3.09. The molecule has 1 fully saturated rings. The number of carbonyl (C=O) groups excluding carboxylic acids is 2. The van der Waals surface area contributed by atoms with Gasteiger partial charge in [0, 0.05) is 16.6 Å². The van der Waals surface area contributed by atoms with E-state index in [-0.39, 0.29) is 24.4 Å². The molecule has 0 saturated carbocycles. The summed E-state index contributed by atoms with van der Waals surface area (Å²) in [4.78, 5) is 26.3. The molecule has 138 valence electrons. The maximum absolute atomic E-state index is 12.0. The molecule has 0 aliphatic carbocycles. The molecule has 0 aromatic heterocycles. The summed E-state index contributed by atoms with van der Waals surface area (Å²) in [6.07, 6.45) is 0. The first-order valence-corrected chi connectivity index (χ1v) is 9.28. The lowest BCUT2D eigenvalue weighted by atomic mass is 10.2. The normalized spacial score (nSPS) is 20.3. The minimum atomic E-state index is -0.144. The Morgan fingerprint density at radius 3 is 2.44 bits per heavy atom. The van der Waals surface area contributed by atoms with E-state index in [0.717, 1.165) is 37.7 Å². The summed E-state index contributed by atoms with van der Waals surface area (Å²) < 4.78 is 0. The second-order valence-corrected chi connectivity index (χ2v) is 7.42. The van der Waals surface area contributed by atoms with Crippen molar-refractivity contribution in [3.8, 4) is 0 Å². The maximum atomic E-state index is 12.0. The first kappa shape index (κ1) is 19.7. The zero-order chi connectivity index (χ0) is 18.2. The van der Waals surface area contributed by atoms with Crippen LogP contribution in [0.15, 0.2) is 24.3 Å². The molecule has 1 aliphatic rings. The molecule has 1 saturated heterocycles. The molecule has 0 unspecified atom stereocenters. The average Bonchev–Trinajstić information content (AvgIpc) is 2.54. The fourth-order valence-corrected chi connectivity index (χ4v) is 3.30. The van der Waals surface area contributed by atoms with Crippen LogP contribution in [-0.4, -0.2) is 57.1 Å². The number of rotatable bonds is 7. The number of nitrogens with one attached hydrogen (secondary N) is 4. The molecule has 1 aromatic carbocycles. The Kier molecular flexibility index (Phi) is 7.68. The van der Waals surface area contributed by atoms with E-state index in [4.69, 9.17) is 11.6 Å². The van der Waals surface area contributed by atoms with Gasteiger partial charge in [0.25, 0.3) is 5.91 Å². The van der Waals surface area contributed by atoms with Gasteiger partial charge < -0.3 is 20.4 Å². The number of amides is 2. The van der Waals surface area contributed by atoms with Crippen molar-refractivity contribution in [3.63, 3.8) is 0 Å². The van der Waals surface area contributed by atoms with Gasteiger partial charge in [-0.25, -0.2) is 0 Å². The quantitative estimate of drug-likeness (QED) is 0.462. The van der Waals surface area contributed by atoms with E-state index >= 15 is 0 Å². The molecule has 7 heteroatoms. The number of benzene rings is 1. The van der Waals surface area contributed by atoms with Crippen molar-refractivity contribution < 1.29 is 19.4 Å². The standard InChI is InChI=1S/C18H27ClN4O2/c1-14(2)21-17(24)11-20-18(25)13-23-8-6-22(7-9-23)12-15-4-3-5-16(19)10-15/h3-5,10,14H,6-9,11-13H2,1-2H3,(H,20,25)(H,21,24)/p+2. The molecule has 6 nitrogen and oxygen atoms in total. The molecule has 4 N–H and O–H groups in total. The van der Waals surface area contributed by atoms with Gasteiger partial charge >= 0.3 is 0 Å². The first-order chi connectivity index (χ1) is 11.9. The molecule has 1 aromatic rings. The predicted molar refractivity (Wildman–Crippen MR) is 97.7 cm³/mol. The van der Waals surface area contributed by atoms with Crippen molar-refractivity contribution in [3.05, 3.63) is 34.9 Å². The van der Waals surface area contributed by atoms with E-state index in [2.05, 4.69) is 16.7 Å². The molecule has 25 heavy (non-hydrogen) atoms. The van der Waals surface area contributed by atoms with Gasteiger partial charge in [0.1, 0.15) is 32.7 Å². The number of halogens is 1. The number of piperazine rings is 1. The number of hydrogen-bond acceptors (Lipinski definition) is 2.